The summed E-state index contributed by atoms with van der Waals surface area (Å²) in [6, 6.07) is 7.04. The van der Waals surface area contributed by atoms with E-state index in [-0.39, 0.29) is 18.7 Å². The minimum absolute atomic E-state index is 0.0594. The van der Waals surface area contributed by atoms with Crippen LogP contribution in [0.4, 0.5) is 0 Å². The summed E-state index contributed by atoms with van der Waals surface area (Å²) in [6.07, 6.45) is 2.03. The van der Waals surface area contributed by atoms with Crippen LogP contribution in [0.1, 0.15) is 0 Å². The molecule has 0 spiro atoms. The molecule has 1 aromatic carbocycles. The number of hydrogen-bond acceptors (Lipinski definition) is 6. The fourth-order valence-electron chi connectivity index (χ4n) is 2.34. The maximum Gasteiger partial charge on any atom is 0.264 e. The molecule has 126 valence electrons. The average Bonchev–Trinajstić information content (AvgIpc) is 2.98. The molecule has 24 heavy (non-hydrogen) atoms. The standard InChI is InChI=1S/C16H18N4O4/c1-19-15-14(7-18-19)16(22)20(10-17-15)8-11(21)9-24-13-5-3-12(23-2)4-6-13/h3-7,10-11,21H,8-9H2,1-2H3/t11-/m0/s1. The Labute approximate surface area is 137 Å². The van der Waals surface area contributed by atoms with E-state index in [0.29, 0.717) is 16.8 Å². The highest BCUT2D eigenvalue weighted by atomic mass is 16.5. The van der Waals surface area contributed by atoms with Gasteiger partial charge in [0.15, 0.2) is 5.65 Å². The predicted octanol–water partition coefficient (Wildman–Crippen LogP) is 0.579. The van der Waals surface area contributed by atoms with Gasteiger partial charge >= 0.3 is 0 Å². The van der Waals surface area contributed by atoms with E-state index in [1.165, 1.54) is 21.8 Å². The lowest BCUT2D eigenvalue weighted by Crippen LogP contribution is -2.30. The maximum absolute atomic E-state index is 12.3. The summed E-state index contributed by atoms with van der Waals surface area (Å²) in [7, 11) is 3.31. The Morgan fingerprint density at radius 2 is 1.96 bits per heavy atom. The first-order chi connectivity index (χ1) is 11.6. The van der Waals surface area contributed by atoms with Gasteiger partial charge in [0.2, 0.25) is 0 Å². The Kier molecular flexibility index (Phi) is 4.48. The van der Waals surface area contributed by atoms with Gasteiger partial charge in [-0.05, 0) is 24.3 Å². The number of methoxy groups -OCH3 is 1. The highest BCUT2D eigenvalue weighted by Gasteiger charge is 2.12. The van der Waals surface area contributed by atoms with Crippen LogP contribution < -0.4 is 15.0 Å². The number of hydrogen-bond donors (Lipinski definition) is 1. The maximum atomic E-state index is 12.3. The zero-order valence-corrected chi connectivity index (χ0v) is 13.4. The molecule has 0 aliphatic rings. The van der Waals surface area contributed by atoms with Crippen molar-refractivity contribution >= 4 is 11.0 Å². The van der Waals surface area contributed by atoms with Gasteiger partial charge in [0, 0.05) is 7.05 Å². The first-order valence-electron chi connectivity index (χ1n) is 7.40. The number of nitrogens with zero attached hydrogens (tertiary/aromatic N) is 4. The zero-order valence-electron chi connectivity index (χ0n) is 13.4. The number of aliphatic hydroxyl groups excluding tert-OH is 1. The van der Waals surface area contributed by atoms with Crippen molar-refractivity contribution in [2.45, 2.75) is 12.6 Å². The number of ether oxygens (including phenoxy) is 2. The summed E-state index contributed by atoms with van der Waals surface area (Å²) in [5.74, 6) is 1.34. The van der Waals surface area contributed by atoms with Crippen LogP contribution in [0, 0.1) is 0 Å². The average molecular weight is 330 g/mol. The van der Waals surface area contributed by atoms with Crippen LogP contribution in [0.15, 0.2) is 41.6 Å². The minimum Gasteiger partial charge on any atom is -0.497 e. The normalized spacial score (nSPS) is 12.3. The molecule has 2 heterocycles. The van der Waals surface area contributed by atoms with Crippen LogP contribution in [0.2, 0.25) is 0 Å². The Morgan fingerprint density at radius 1 is 1.25 bits per heavy atom. The van der Waals surface area contributed by atoms with Gasteiger partial charge in [-0.3, -0.25) is 14.0 Å². The molecule has 0 fully saturated rings. The van der Waals surface area contributed by atoms with E-state index in [1.54, 1.807) is 38.4 Å². The van der Waals surface area contributed by atoms with Crippen molar-refractivity contribution in [1.29, 1.82) is 0 Å². The topological polar surface area (TPSA) is 91.4 Å². The number of aliphatic hydroxyl groups is 1. The molecule has 3 rings (SSSR count). The second-order valence-corrected chi connectivity index (χ2v) is 5.35. The first-order valence-corrected chi connectivity index (χ1v) is 7.40. The van der Waals surface area contributed by atoms with Gasteiger partial charge in [-0.25, -0.2) is 4.98 Å². The number of benzene rings is 1. The van der Waals surface area contributed by atoms with Crippen LogP contribution in [0.25, 0.3) is 11.0 Å². The summed E-state index contributed by atoms with van der Waals surface area (Å²) in [5, 5.41) is 14.5. The molecular formula is C16H18N4O4. The van der Waals surface area contributed by atoms with E-state index in [4.69, 9.17) is 9.47 Å². The highest BCUT2D eigenvalue weighted by Crippen LogP contribution is 2.17. The molecule has 0 unspecified atom stereocenters. The lowest BCUT2D eigenvalue weighted by molar-refractivity contribution is 0.0914. The zero-order chi connectivity index (χ0) is 17.1. The van der Waals surface area contributed by atoms with Crippen molar-refractivity contribution in [2.24, 2.45) is 7.05 Å². The molecule has 0 bridgehead atoms. The molecule has 8 heteroatoms. The van der Waals surface area contributed by atoms with Gasteiger partial charge in [0.25, 0.3) is 5.56 Å². The molecule has 0 aliphatic carbocycles. The fraction of sp³-hybridized carbons (Fsp3) is 0.312. The van der Waals surface area contributed by atoms with Crippen LogP contribution in [0.5, 0.6) is 11.5 Å². The minimum atomic E-state index is -0.847. The number of aromatic nitrogens is 4. The van der Waals surface area contributed by atoms with Crippen molar-refractivity contribution in [3.8, 4) is 11.5 Å². The summed E-state index contributed by atoms with van der Waals surface area (Å²) >= 11 is 0. The second-order valence-electron chi connectivity index (χ2n) is 5.35. The molecule has 0 radical (unpaired) electrons. The van der Waals surface area contributed by atoms with Crippen LogP contribution in [-0.4, -0.2) is 44.3 Å². The largest absolute Gasteiger partial charge is 0.497 e. The monoisotopic (exact) mass is 330 g/mol. The Morgan fingerprint density at radius 3 is 2.67 bits per heavy atom. The third-order valence-corrected chi connectivity index (χ3v) is 3.63. The predicted molar refractivity (Wildman–Crippen MR) is 87.3 cm³/mol. The summed E-state index contributed by atoms with van der Waals surface area (Å²) in [5.41, 5.74) is 0.275. The lowest BCUT2D eigenvalue weighted by atomic mass is 10.3. The molecule has 0 saturated heterocycles. The van der Waals surface area contributed by atoms with Gasteiger partial charge in [-0.15, -0.1) is 0 Å². The summed E-state index contributed by atoms with van der Waals surface area (Å²) < 4.78 is 13.5. The number of rotatable bonds is 6. The van der Waals surface area contributed by atoms with E-state index in [2.05, 4.69) is 10.1 Å². The molecule has 1 atom stereocenters. The Bertz CT molecular complexity index is 885. The van der Waals surface area contributed by atoms with E-state index in [0.717, 1.165) is 5.75 Å². The molecule has 8 nitrogen and oxygen atoms in total. The van der Waals surface area contributed by atoms with Crippen LogP contribution in [0.3, 0.4) is 0 Å². The molecule has 0 aliphatic heterocycles. The molecule has 1 N–H and O–H groups in total. The van der Waals surface area contributed by atoms with Gasteiger partial charge in [0.05, 0.1) is 19.9 Å². The highest BCUT2D eigenvalue weighted by molar-refractivity contribution is 5.72. The molecule has 0 amide bonds. The molecule has 2 aromatic heterocycles. The summed E-state index contributed by atoms with van der Waals surface area (Å²) in [6.45, 7) is 0.149. The first kappa shape index (κ1) is 16.0. The van der Waals surface area contributed by atoms with Crippen molar-refractivity contribution in [2.75, 3.05) is 13.7 Å². The van der Waals surface area contributed by atoms with Crippen molar-refractivity contribution in [1.82, 2.24) is 19.3 Å². The van der Waals surface area contributed by atoms with Gasteiger partial charge < -0.3 is 14.6 Å². The van der Waals surface area contributed by atoms with E-state index in [1.807, 2.05) is 0 Å². The SMILES string of the molecule is COc1ccc(OC[C@@H](O)Cn2cnc3c(cnn3C)c2=O)cc1. The number of aryl methyl sites for hydroxylation is 1. The quantitative estimate of drug-likeness (QED) is 0.711. The van der Waals surface area contributed by atoms with Gasteiger partial charge in [0.1, 0.15) is 35.9 Å². The van der Waals surface area contributed by atoms with Crippen molar-refractivity contribution < 1.29 is 14.6 Å². The van der Waals surface area contributed by atoms with E-state index < -0.39 is 6.10 Å². The Hall–Kier alpha value is -2.87. The molecular weight excluding hydrogens is 312 g/mol. The van der Waals surface area contributed by atoms with E-state index in [9.17, 15) is 9.90 Å². The molecule has 0 saturated carbocycles. The van der Waals surface area contributed by atoms with Crippen molar-refractivity contribution in [3.63, 3.8) is 0 Å². The Balaban J connectivity index is 1.65. The molecule has 3 aromatic rings. The smallest absolute Gasteiger partial charge is 0.264 e. The number of fused-ring (bicyclic) bond motifs is 1. The third kappa shape index (κ3) is 3.23. The lowest BCUT2D eigenvalue weighted by Gasteiger charge is -2.14. The van der Waals surface area contributed by atoms with Crippen LogP contribution >= 0.6 is 0 Å². The fourth-order valence-corrected chi connectivity index (χ4v) is 2.34. The summed E-state index contributed by atoms with van der Waals surface area (Å²) in [4.78, 5) is 16.5. The van der Waals surface area contributed by atoms with Crippen molar-refractivity contribution in [3.05, 3.63) is 47.1 Å². The van der Waals surface area contributed by atoms with Crippen LogP contribution in [-0.2, 0) is 13.6 Å². The third-order valence-electron chi connectivity index (χ3n) is 3.63. The van der Waals surface area contributed by atoms with Gasteiger partial charge in [-0.1, -0.05) is 0 Å². The van der Waals surface area contributed by atoms with Gasteiger partial charge in [-0.2, -0.15) is 5.10 Å². The second kappa shape index (κ2) is 6.71. The van der Waals surface area contributed by atoms with E-state index >= 15 is 0 Å².